The van der Waals surface area contributed by atoms with Gasteiger partial charge in [-0.15, -0.1) is 0 Å². The van der Waals surface area contributed by atoms with Gasteiger partial charge in [-0.05, 0) is 37.1 Å². The van der Waals surface area contributed by atoms with Crippen molar-refractivity contribution in [3.8, 4) is 0 Å². The van der Waals surface area contributed by atoms with Crippen LogP contribution in [0.5, 0.6) is 0 Å². The van der Waals surface area contributed by atoms with Gasteiger partial charge in [0.2, 0.25) is 0 Å². The molecule has 110 valence electrons. The maximum absolute atomic E-state index is 12.7. The number of nitrogens with two attached hydrogens (primary N) is 1. The molecule has 0 aliphatic carbocycles. The molecule has 2 rings (SSSR count). The van der Waals surface area contributed by atoms with Gasteiger partial charge in [-0.25, -0.2) is 0 Å². The van der Waals surface area contributed by atoms with Crippen LogP contribution in [-0.2, 0) is 6.54 Å². The average molecular weight is 303 g/mol. The summed E-state index contributed by atoms with van der Waals surface area (Å²) in [4.78, 5) is 14.5. The summed E-state index contributed by atoms with van der Waals surface area (Å²) in [6.45, 7) is 4.91. The Morgan fingerprint density at radius 1 is 1.19 bits per heavy atom. The van der Waals surface area contributed by atoms with E-state index in [-0.39, 0.29) is 5.91 Å². The lowest BCUT2D eigenvalue weighted by Gasteiger charge is -2.23. The molecule has 0 bridgehead atoms. The SMILES string of the molecule is CCN(Cc1ccccc1Cl)C(=O)c1c(C)cccc1N. The predicted octanol–water partition coefficient (Wildman–Crippen LogP) is 3.89. The molecule has 0 fully saturated rings. The smallest absolute Gasteiger partial charge is 0.256 e. The van der Waals surface area contributed by atoms with Crippen LogP contribution in [0.15, 0.2) is 42.5 Å². The van der Waals surface area contributed by atoms with Gasteiger partial charge < -0.3 is 10.6 Å². The van der Waals surface area contributed by atoms with E-state index in [1.807, 2.05) is 50.2 Å². The first-order valence-corrected chi connectivity index (χ1v) is 7.30. The van der Waals surface area contributed by atoms with Crippen molar-refractivity contribution in [2.75, 3.05) is 12.3 Å². The molecule has 1 amide bonds. The van der Waals surface area contributed by atoms with E-state index in [0.717, 1.165) is 11.1 Å². The van der Waals surface area contributed by atoms with Crippen molar-refractivity contribution in [1.82, 2.24) is 4.90 Å². The van der Waals surface area contributed by atoms with Crippen molar-refractivity contribution >= 4 is 23.2 Å². The first kappa shape index (κ1) is 15.4. The third kappa shape index (κ3) is 3.37. The van der Waals surface area contributed by atoms with Crippen LogP contribution in [0.25, 0.3) is 0 Å². The van der Waals surface area contributed by atoms with Gasteiger partial charge in [0.15, 0.2) is 0 Å². The van der Waals surface area contributed by atoms with E-state index in [2.05, 4.69) is 0 Å². The van der Waals surface area contributed by atoms with Gasteiger partial charge in [-0.2, -0.15) is 0 Å². The highest BCUT2D eigenvalue weighted by Crippen LogP contribution is 2.22. The van der Waals surface area contributed by atoms with Gasteiger partial charge in [-0.1, -0.05) is 41.9 Å². The monoisotopic (exact) mass is 302 g/mol. The zero-order valence-corrected chi connectivity index (χ0v) is 13.0. The Morgan fingerprint density at radius 3 is 2.52 bits per heavy atom. The fourth-order valence-electron chi connectivity index (χ4n) is 2.30. The number of carbonyl (C=O) groups excluding carboxylic acids is 1. The lowest BCUT2D eigenvalue weighted by atomic mass is 10.0. The fourth-order valence-corrected chi connectivity index (χ4v) is 2.50. The molecule has 0 heterocycles. The number of nitrogens with zero attached hydrogens (tertiary/aromatic N) is 1. The van der Waals surface area contributed by atoms with E-state index in [9.17, 15) is 4.79 Å². The molecule has 4 heteroatoms. The van der Waals surface area contributed by atoms with Crippen LogP contribution in [-0.4, -0.2) is 17.4 Å². The molecule has 0 saturated heterocycles. The average Bonchev–Trinajstić information content (AvgIpc) is 2.46. The van der Waals surface area contributed by atoms with Crippen molar-refractivity contribution < 1.29 is 4.79 Å². The number of rotatable bonds is 4. The van der Waals surface area contributed by atoms with Crippen molar-refractivity contribution in [3.63, 3.8) is 0 Å². The van der Waals surface area contributed by atoms with E-state index in [4.69, 9.17) is 17.3 Å². The largest absolute Gasteiger partial charge is 0.398 e. The molecule has 0 unspecified atom stereocenters. The quantitative estimate of drug-likeness (QED) is 0.871. The Balaban J connectivity index is 2.30. The van der Waals surface area contributed by atoms with E-state index in [1.54, 1.807) is 11.0 Å². The normalized spacial score (nSPS) is 10.4. The second-order valence-electron chi connectivity index (χ2n) is 4.95. The van der Waals surface area contributed by atoms with Crippen LogP contribution in [0.3, 0.4) is 0 Å². The van der Waals surface area contributed by atoms with Crippen LogP contribution in [0.1, 0.15) is 28.4 Å². The first-order valence-electron chi connectivity index (χ1n) is 6.92. The van der Waals surface area contributed by atoms with Crippen molar-refractivity contribution in [1.29, 1.82) is 0 Å². The lowest BCUT2D eigenvalue weighted by molar-refractivity contribution is 0.0753. The number of hydrogen-bond donors (Lipinski definition) is 1. The summed E-state index contributed by atoms with van der Waals surface area (Å²) >= 11 is 6.18. The summed E-state index contributed by atoms with van der Waals surface area (Å²) in [5.74, 6) is -0.0620. The predicted molar refractivity (Wildman–Crippen MR) is 87.5 cm³/mol. The first-order chi connectivity index (χ1) is 10.0. The summed E-state index contributed by atoms with van der Waals surface area (Å²) in [6, 6.07) is 13.1. The van der Waals surface area contributed by atoms with Crippen LogP contribution >= 0.6 is 11.6 Å². The topological polar surface area (TPSA) is 46.3 Å². The molecular weight excluding hydrogens is 284 g/mol. The molecule has 0 aliphatic rings. The highest BCUT2D eigenvalue weighted by atomic mass is 35.5. The molecule has 2 aromatic rings. The number of aryl methyl sites for hydroxylation is 1. The Hall–Kier alpha value is -2.00. The molecule has 2 N–H and O–H groups in total. The standard InChI is InChI=1S/C17H19ClN2O/c1-3-20(11-13-8-4-5-9-14(13)18)17(21)16-12(2)7-6-10-15(16)19/h4-10H,3,11,19H2,1-2H3. The number of halogens is 1. The highest BCUT2D eigenvalue weighted by Gasteiger charge is 2.19. The van der Waals surface area contributed by atoms with E-state index >= 15 is 0 Å². The Labute approximate surface area is 130 Å². The Bertz CT molecular complexity index is 635. The van der Waals surface area contributed by atoms with Crippen molar-refractivity contribution in [3.05, 3.63) is 64.2 Å². The lowest BCUT2D eigenvalue weighted by Crippen LogP contribution is -2.31. The molecule has 0 saturated carbocycles. The minimum absolute atomic E-state index is 0.0620. The number of benzene rings is 2. The Morgan fingerprint density at radius 2 is 1.90 bits per heavy atom. The van der Waals surface area contributed by atoms with Gasteiger partial charge in [0.1, 0.15) is 0 Å². The minimum atomic E-state index is -0.0620. The summed E-state index contributed by atoms with van der Waals surface area (Å²) in [6.07, 6.45) is 0. The van der Waals surface area contributed by atoms with Gasteiger partial charge in [0.05, 0.1) is 5.56 Å². The van der Waals surface area contributed by atoms with Gasteiger partial charge in [0, 0.05) is 23.8 Å². The molecule has 0 aliphatic heterocycles. The van der Waals surface area contributed by atoms with Gasteiger partial charge >= 0.3 is 0 Å². The maximum atomic E-state index is 12.7. The number of hydrogen-bond acceptors (Lipinski definition) is 2. The van der Waals surface area contributed by atoms with Crippen LogP contribution in [0.2, 0.25) is 5.02 Å². The highest BCUT2D eigenvalue weighted by molar-refractivity contribution is 6.31. The summed E-state index contributed by atoms with van der Waals surface area (Å²) in [5, 5.41) is 0.668. The second kappa shape index (κ2) is 6.64. The van der Waals surface area contributed by atoms with Crippen LogP contribution in [0, 0.1) is 6.92 Å². The zero-order valence-electron chi connectivity index (χ0n) is 12.3. The molecule has 0 aromatic heterocycles. The van der Waals surface area contributed by atoms with Crippen molar-refractivity contribution in [2.24, 2.45) is 0 Å². The molecule has 3 nitrogen and oxygen atoms in total. The molecule has 21 heavy (non-hydrogen) atoms. The minimum Gasteiger partial charge on any atom is -0.398 e. The molecule has 2 aromatic carbocycles. The molecular formula is C17H19ClN2O. The Kier molecular flexibility index (Phi) is 4.86. The fraction of sp³-hybridized carbons (Fsp3) is 0.235. The van der Waals surface area contributed by atoms with Gasteiger partial charge in [0.25, 0.3) is 5.91 Å². The third-order valence-corrected chi connectivity index (χ3v) is 3.88. The zero-order chi connectivity index (χ0) is 15.4. The van der Waals surface area contributed by atoms with E-state index in [1.165, 1.54) is 0 Å². The third-order valence-electron chi connectivity index (χ3n) is 3.51. The van der Waals surface area contributed by atoms with Crippen LogP contribution in [0.4, 0.5) is 5.69 Å². The van der Waals surface area contributed by atoms with Crippen LogP contribution < -0.4 is 5.73 Å². The summed E-state index contributed by atoms with van der Waals surface area (Å²) in [5.41, 5.74) is 8.87. The number of amides is 1. The van der Waals surface area contributed by atoms with Gasteiger partial charge in [-0.3, -0.25) is 4.79 Å². The molecule has 0 atom stereocenters. The summed E-state index contributed by atoms with van der Waals surface area (Å²) in [7, 11) is 0. The number of nitrogen functional groups attached to an aromatic ring is 1. The molecule has 0 radical (unpaired) electrons. The van der Waals surface area contributed by atoms with E-state index < -0.39 is 0 Å². The maximum Gasteiger partial charge on any atom is 0.256 e. The van der Waals surface area contributed by atoms with Crippen molar-refractivity contribution in [2.45, 2.75) is 20.4 Å². The van der Waals surface area contributed by atoms with E-state index in [0.29, 0.717) is 29.4 Å². The second-order valence-corrected chi connectivity index (χ2v) is 5.36. The summed E-state index contributed by atoms with van der Waals surface area (Å²) < 4.78 is 0. The molecule has 0 spiro atoms. The number of carbonyl (C=O) groups is 1. The number of anilines is 1.